The number of hydrogen-bond acceptors (Lipinski definition) is 6. The van der Waals surface area contributed by atoms with E-state index >= 15 is 0 Å². The second-order valence-electron chi connectivity index (χ2n) is 6.92. The summed E-state index contributed by atoms with van der Waals surface area (Å²) in [6.07, 6.45) is -0.912. The largest absolute Gasteiger partial charge is 0.383 e. The van der Waals surface area contributed by atoms with Crippen LogP contribution >= 0.6 is 0 Å². The zero-order valence-electron chi connectivity index (χ0n) is 11.1. The SMILES string of the molecule is CC1(C)[C@]2(O)[C@@]3(O)C(C)(C)[C@@]3(O)[C@H](CN)O[C@]12O. The summed E-state index contributed by atoms with van der Waals surface area (Å²) in [5.41, 5.74) is -1.87. The van der Waals surface area contributed by atoms with Crippen LogP contribution in [-0.4, -0.2) is 55.7 Å². The maximum atomic E-state index is 10.8. The molecule has 1 aliphatic heterocycles. The Morgan fingerprint density at radius 3 is 1.89 bits per heavy atom. The highest BCUT2D eigenvalue weighted by Crippen LogP contribution is 2.86. The van der Waals surface area contributed by atoms with Crippen molar-refractivity contribution in [2.45, 2.75) is 56.4 Å². The Labute approximate surface area is 105 Å². The van der Waals surface area contributed by atoms with Gasteiger partial charge in [0, 0.05) is 12.0 Å². The number of aliphatic hydroxyl groups is 4. The van der Waals surface area contributed by atoms with Gasteiger partial charge >= 0.3 is 0 Å². The highest BCUT2D eigenvalue weighted by molar-refractivity contribution is 5.53. The van der Waals surface area contributed by atoms with E-state index in [9.17, 15) is 20.4 Å². The Bertz CT molecular complexity index is 452. The summed E-state index contributed by atoms with van der Waals surface area (Å²) in [7, 11) is 0. The van der Waals surface area contributed by atoms with Gasteiger partial charge in [0.25, 0.3) is 0 Å². The fourth-order valence-corrected chi connectivity index (χ4v) is 4.46. The summed E-state index contributed by atoms with van der Waals surface area (Å²) >= 11 is 0. The molecule has 6 nitrogen and oxygen atoms in total. The second-order valence-corrected chi connectivity index (χ2v) is 6.92. The van der Waals surface area contributed by atoms with E-state index in [-0.39, 0.29) is 6.54 Å². The minimum Gasteiger partial charge on any atom is -0.383 e. The Kier molecular flexibility index (Phi) is 1.78. The summed E-state index contributed by atoms with van der Waals surface area (Å²) in [5.74, 6) is -1.88. The van der Waals surface area contributed by atoms with Gasteiger partial charge in [0.2, 0.25) is 5.79 Å². The Morgan fingerprint density at radius 1 is 0.944 bits per heavy atom. The molecule has 1 heterocycles. The van der Waals surface area contributed by atoms with Gasteiger partial charge in [0.1, 0.15) is 17.3 Å². The molecular weight excluding hydrogens is 238 g/mol. The smallest absolute Gasteiger partial charge is 0.207 e. The van der Waals surface area contributed by atoms with Crippen molar-refractivity contribution in [1.82, 2.24) is 0 Å². The van der Waals surface area contributed by atoms with E-state index in [2.05, 4.69) is 0 Å². The first-order valence-electron chi connectivity index (χ1n) is 6.19. The molecule has 0 bridgehead atoms. The lowest BCUT2D eigenvalue weighted by Gasteiger charge is -2.36. The molecule has 3 rings (SSSR count). The molecule has 6 heteroatoms. The van der Waals surface area contributed by atoms with Gasteiger partial charge in [0.15, 0.2) is 5.60 Å². The first-order valence-corrected chi connectivity index (χ1v) is 6.19. The minimum absolute atomic E-state index is 0.0449. The van der Waals surface area contributed by atoms with Gasteiger partial charge in [-0.15, -0.1) is 0 Å². The van der Waals surface area contributed by atoms with Crippen molar-refractivity contribution >= 4 is 0 Å². The molecule has 3 aliphatic rings. The molecule has 0 radical (unpaired) electrons. The van der Waals surface area contributed by atoms with Crippen LogP contribution in [0, 0.1) is 10.8 Å². The number of fused-ring (bicyclic) bond motifs is 3. The summed E-state index contributed by atoms with van der Waals surface area (Å²) in [5, 5.41) is 42.6. The van der Waals surface area contributed by atoms with E-state index in [1.165, 1.54) is 0 Å². The van der Waals surface area contributed by atoms with Crippen molar-refractivity contribution in [3.05, 3.63) is 0 Å². The lowest BCUT2D eigenvalue weighted by Crippen LogP contribution is -2.59. The topological polar surface area (TPSA) is 116 Å². The van der Waals surface area contributed by atoms with Crippen LogP contribution in [0.1, 0.15) is 27.7 Å². The molecule has 0 aromatic heterocycles. The van der Waals surface area contributed by atoms with Crippen molar-refractivity contribution in [2.75, 3.05) is 6.54 Å². The van der Waals surface area contributed by atoms with Gasteiger partial charge < -0.3 is 30.9 Å². The van der Waals surface area contributed by atoms with Gasteiger partial charge in [0.05, 0.1) is 5.41 Å². The zero-order valence-corrected chi connectivity index (χ0v) is 11.1. The van der Waals surface area contributed by atoms with Gasteiger partial charge in [-0.2, -0.15) is 0 Å². The highest BCUT2D eigenvalue weighted by Gasteiger charge is 3.07. The summed E-state index contributed by atoms with van der Waals surface area (Å²) in [6, 6.07) is 0. The molecule has 1 saturated heterocycles. The third-order valence-electron chi connectivity index (χ3n) is 6.04. The van der Waals surface area contributed by atoms with Crippen molar-refractivity contribution < 1.29 is 25.2 Å². The maximum Gasteiger partial charge on any atom is 0.207 e. The molecule has 0 spiro atoms. The second kappa shape index (κ2) is 2.51. The molecule has 2 saturated carbocycles. The fourth-order valence-electron chi connectivity index (χ4n) is 4.46. The van der Waals surface area contributed by atoms with Gasteiger partial charge in [-0.1, -0.05) is 27.7 Å². The van der Waals surface area contributed by atoms with E-state index in [0.717, 1.165) is 0 Å². The third kappa shape index (κ3) is 0.667. The summed E-state index contributed by atoms with van der Waals surface area (Å²) in [6.45, 7) is 6.42. The predicted molar refractivity (Wildman–Crippen MR) is 61.3 cm³/mol. The number of ether oxygens (including phenoxy) is 1. The molecule has 0 aromatic rings. The van der Waals surface area contributed by atoms with Gasteiger partial charge in [-0.3, -0.25) is 0 Å². The van der Waals surface area contributed by atoms with Crippen LogP contribution in [0.3, 0.4) is 0 Å². The van der Waals surface area contributed by atoms with E-state index in [0.29, 0.717) is 0 Å². The van der Waals surface area contributed by atoms with E-state index in [1.54, 1.807) is 27.7 Å². The molecule has 18 heavy (non-hydrogen) atoms. The number of rotatable bonds is 1. The maximum absolute atomic E-state index is 10.8. The summed E-state index contributed by atoms with van der Waals surface area (Å²) in [4.78, 5) is 0. The zero-order chi connectivity index (χ0) is 14.0. The molecule has 0 aromatic carbocycles. The highest BCUT2D eigenvalue weighted by atomic mass is 16.7. The molecule has 0 unspecified atom stereocenters. The van der Waals surface area contributed by atoms with E-state index in [1.807, 2.05) is 0 Å². The van der Waals surface area contributed by atoms with Crippen LogP contribution in [0.25, 0.3) is 0 Å². The van der Waals surface area contributed by atoms with Crippen molar-refractivity contribution in [2.24, 2.45) is 16.6 Å². The van der Waals surface area contributed by atoms with E-state index in [4.69, 9.17) is 10.5 Å². The molecule has 0 amide bonds. The number of hydrogen-bond donors (Lipinski definition) is 5. The minimum atomic E-state index is -1.89. The molecule has 5 atom stereocenters. The van der Waals surface area contributed by atoms with Crippen LogP contribution in [0.4, 0.5) is 0 Å². The summed E-state index contributed by atoms with van der Waals surface area (Å²) < 4.78 is 5.44. The van der Waals surface area contributed by atoms with Crippen molar-refractivity contribution in [1.29, 1.82) is 0 Å². The molecular formula is C12H21NO5. The predicted octanol–water partition coefficient (Wildman–Crippen LogP) is -1.69. The van der Waals surface area contributed by atoms with Gasteiger partial charge in [-0.05, 0) is 0 Å². The van der Waals surface area contributed by atoms with Gasteiger partial charge in [-0.25, -0.2) is 0 Å². The molecule has 2 aliphatic carbocycles. The fraction of sp³-hybridized carbons (Fsp3) is 1.00. The lowest BCUT2D eigenvalue weighted by atomic mass is 9.93. The number of nitrogens with two attached hydrogens (primary N) is 1. The standard InChI is InChI=1S/C12H21NO5/c1-7(2)9(14)6(5-13)18-12(17)8(3,4)11(12,16)10(7,9)15/h6,14-17H,5,13H2,1-4H3/t6-,9-,10+,11-,12+/m0/s1. The molecule has 3 fully saturated rings. The Hall–Kier alpha value is -0.240. The average Bonchev–Trinajstić information content (AvgIpc) is 2.81. The first kappa shape index (κ1) is 12.8. The quantitative estimate of drug-likeness (QED) is 0.383. The lowest BCUT2D eigenvalue weighted by molar-refractivity contribution is -0.283. The average molecular weight is 259 g/mol. The van der Waals surface area contributed by atoms with Crippen LogP contribution in [0.5, 0.6) is 0 Å². The van der Waals surface area contributed by atoms with Crippen molar-refractivity contribution in [3.8, 4) is 0 Å². The van der Waals surface area contributed by atoms with Crippen LogP contribution in [-0.2, 0) is 4.74 Å². The van der Waals surface area contributed by atoms with Crippen LogP contribution in [0.15, 0.2) is 0 Å². The van der Waals surface area contributed by atoms with Crippen molar-refractivity contribution in [3.63, 3.8) is 0 Å². The monoisotopic (exact) mass is 259 g/mol. The molecule has 6 N–H and O–H groups in total. The third-order valence-corrected chi connectivity index (χ3v) is 6.04. The Balaban J connectivity index is 2.21. The van der Waals surface area contributed by atoms with Crippen LogP contribution < -0.4 is 5.73 Å². The molecule has 104 valence electrons. The van der Waals surface area contributed by atoms with E-state index < -0.39 is 39.5 Å². The van der Waals surface area contributed by atoms with Crippen LogP contribution in [0.2, 0.25) is 0 Å². The Morgan fingerprint density at radius 2 is 1.44 bits per heavy atom. The first-order chi connectivity index (χ1) is 7.92. The normalized spacial score (nSPS) is 62.8.